The van der Waals surface area contributed by atoms with E-state index in [1.165, 1.54) is 12.1 Å². The number of benzene rings is 2. The average Bonchev–Trinajstić information content (AvgIpc) is 2.93. The summed E-state index contributed by atoms with van der Waals surface area (Å²) in [7, 11) is 3.90. The molecule has 1 aliphatic rings. The molecule has 0 aliphatic carbocycles. The summed E-state index contributed by atoms with van der Waals surface area (Å²) < 4.78 is 13.9. The zero-order valence-electron chi connectivity index (χ0n) is 15.7. The normalized spacial score (nSPS) is 14.6. The molecule has 27 heavy (non-hydrogen) atoms. The van der Waals surface area contributed by atoms with Crippen LogP contribution in [0.2, 0.25) is 0 Å². The van der Waals surface area contributed by atoms with Gasteiger partial charge in [-0.05, 0) is 42.8 Å². The lowest BCUT2D eigenvalue weighted by atomic mass is 10.1. The highest BCUT2D eigenvalue weighted by Crippen LogP contribution is 2.16. The lowest BCUT2D eigenvalue weighted by molar-refractivity contribution is 0.0716. The zero-order valence-corrected chi connectivity index (χ0v) is 15.7. The van der Waals surface area contributed by atoms with Crippen molar-refractivity contribution in [3.63, 3.8) is 0 Å². The van der Waals surface area contributed by atoms with Crippen LogP contribution in [-0.4, -0.2) is 61.9 Å². The molecule has 0 unspecified atom stereocenters. The fraction of sp³-hybridized carbons (Fsp3) is 0.333. The van der Waals surface area contributed by atoms with Crippen LogP contribution in [0.25, 0.3) is 0 Å². The van der Waals surface area contributed by atoms with E-state index in [9.17, 15) is 14.0 Å². The second kappa shape index (κ2) is 8.20. The number of halogens is 1. The van der Waals surface area contributed by atoms with Crippen molar-refractivity contribution in [2.45, 2.75) is 6.42 Å². The Hall–Kier alpha value is -2.89. The number of carbonyl (C=O) groups is 2. The van der Waals surface area contributed by atoms with E-state index in [4.69, 9.17) is 0 Å². The summed E-state index contributed by atoms with van der Waals surface area (Å²) >= 11 is 0. The Morgan fingerprint density at radius 1 is 0.852 bits per heavy atom. The highest BCUT2D eigenvalue weighted by molar-refractivity contribution is 5.95. The molecule has 1 saturated heterocycles. The van der Waals surface area contributed by atoms with E-state index in [0.717, 1.165) is 5.69 Å². The number of hydrogen-bond acceptors (Lipinski definition) is 3. The van der Waals surface area contributed by atoms with Crippen LogP contribution in [0.3, 0.4) is 0 Å². The molecule has 1 fully saturated rings. The summed E-state index contributed by atoms with van der Waals surface area (Å²) in [4.78, 5) is 30.7. The average molecular weight is 369 g/mol. The molecule has 3 rings (SSSR count). The third-order valence-corrected chi connectivity index (χ3v) is 4.81. The Morgan fingerprint density at radius 2 is 1.44 bits per heavy atom. The predicted octanol–water partition coefficient (Wildman–Crippen LogP) is 2.88. The van der Waals surface area contributed by atoms with Gasteiger partial charge in [0.1, 0.15) is 5.82 Å². The molecule has 0 aromatic heterocycles. The number of anilines is 1. The van der Waals surface area contributed by atoms with Gasteiger partial charge >= 0.3 is 0 Å². The molecular formula is C21H24FN3O2. The molecule has 2 aromatic carbocycles. The second-order valence-corrected chi connectivity index (χ2v) is 6.86. The molecule has 1 aliphatic heterocycles. The summed E-state index contributed by atoms with van der Waals surface area (Å²) in [5, 5.41) is 0. The largest absolute Gasteiger partial charge is 0.378 e. The summed E-state index contributed by atoms with van der Waals surface area (Å²) in [5.74, 6) is -0.876. The van der Waals surface area contributed by atoms with Crippen LogP contribution in [0.1, 0.15) is 27.1 Å². The second-order valence-electron chi connectivity index (χ2n) is 6.86. The Balaban J connectivity index is 1.66. The highest BCUT2D eigenvalue weighted by atomic mass is 19.1. The molecule has 1 heterocycles. The SMILES string of the molecule is CN(C)c1ccc(C(=O)N2CCCN(C(=O)c3ccccc3F)CC2)cc1. The van der Waals surface area contributed by atoms with Crippen molar-refractivity contribution in [3.05, 3.63) is 65.5 Å². The van der Waals surface area contributed by atoms with Gasteiger partial charge in [0.05, 0.1) is 5.56 Å². The van der Waals surface area contributed by atoms with Crippen LogP contribution in [0, 0.1) is 5.82 Å². The van der Waals surface area contributed by atoms with Crippen LogP contribution in [0.15, 0.2) is 48.5 Å². The predicted molar refractivity (Wildman–Crippen MR) is 104 cm³/mol. The smallest absolute Gasteiger partial charge is 0.256 e. The van der Waals surface area contributed by atoms with Crippen LogP contribution in [0.4, 0.5) is 10.1 Å². The van der Waals surface area contributed by atoms with E-state index >= 15 is 0 Å². The van der Waals surface area contributed by atoms with Crippen molar-refractivity contribution in [3.8, 4) is 0 Å². The topological polar surface area (TPSA) is 43.9 Å². The van der Waals surface area contributed by atoms with Gasteiger partial charge in [0, 0.05) is 51.5 Å². The maximum absolute atomic E-state index is 13.9. The first-order chi connectivity index (χ1) is 13.0. The maximum atomic E-state index is 13.9. The number of hydrogen-bond donors (Lipinski definition) is 0. The highest BCUT2D eigenvalue weighted by Gasteiger charge is 2.24. The lowest BCUT2D eigenvalue weighted by Crippen LogP contribution is -2.37. The zero-order chi connectivity index (χ0) is 19.4. The van der Waals surface area contributed by atoms with E-state index in [0.29, 0.717) is 38.2 Å². The Morgan fingerprint density at radius 3 is 2.04 bits per heavy atom. The first-order valence-corrected chi connectivity index (χ1v) is 9.08. The van der Waals surface area contributed by atoms with Gasteiger partial charge in [-0.1, -0.05) is 12.1 Å². The van der Waals surface area contributed by atoms with Gasteiger partial charge in [-0.25, -0.2) is 4.39 Å². The van der Waals surface area contributed by atoms with Crippen LogP contribution < -0.4 is 4.90 Å². The van der Waals surface area contributed by atoms with E-state index in [1.54, 1.807) is 21.9 Å². The minimum atomic E-state index is -0.513. The van der Waals surface area contributed by atoms with E-state index in [-0.39, 0.29) is 17.4 Å². The number of amides is 2. The molecule has 2 aromatic rings. The number of carbonyl (C=O) groups excluding carboxylic acids is 2. The fourth-order valence-electron chi connectivity index (χ4n) is 3.21. The van der Waals surface area contributed by atoms with Gasteiger partial charge < -0.3 is 14.7 Å². The standard InChI is InChI=1S/C21H24FN3O2/c1-23(2)17-10-8-16(9-11-17)20(26)24-12-5-13-25(15-14-24)21(27)18-6-3-4-7-19(18)22/h3-4,6-11H,5,12-15H2,1-2H3. The third-order valence-electron chi connectivity index (χ3n) is 4.81. The van der Waals surface area contributed by atoms with Crippen molar-refractivity contribution in [1.82, 2.24) is 9.80 Å². The van der Waals surface area contributed by atoms with Gasteiger partial charge in [0.25, 0.3) is 11.8 Å². The van der Waals surface area contributed by atoms with E-state index in [1.807, 2.05) is 43.3 Å². The minimum Gasteiger partial charge on any atom is -0.378 e. The molecular weight excluding hydrogens is 345 g/mol. The fourth-order valence-corrected chi connectivity index (χ4v) is 3.21. The first-order valence-electron chi connectivity index (χ1n) is 9.08. The Labute approximate surface area is 159 Å². The Bertz CT molecular complexity index is 820. The summed E-state index contributed by atoms with van der Waals surface area (Å²) in [6, 6.07) is 13.5. The molecule has 0 radical (unpaired) electrons. The molecule has 0 N–H and O–H groups in total. The molecule has 2 amide bonds. The molecule has 6 heteroatoms. The molecule has 0 spiro atoms. The summed E-state index contributed by atoms with van der Waals surface area (Å²) in [6.45, 7) is 1.93. The van der Waals surface area contributed by atoms with Crippen LogP contribution in [0.5, 0.6) is 0 Å². The number of rotatable bonds is 3. The van der Waals surface area contributed by atoms with Crippen molar-refractivity contribution in [2.24, 2.45) is 0 Å². The minimum absolute atomic E-state index is 0.0412. The van der Waals surface area contributed by atoms with Gasteiger partial charge in [-0.2, -0.15) is 0 Å². The van der Waals surface area contributed by atoms with Crippen LogP contribution in [-0.2, 0) is 0 Å². The summed E-state index contributed by atoms with van der Waals surface area (Å²) in [6.07, 6.45) is 0.668. The van der Waals surface area contributed by atoms with Crippen molar-refractivity contribution < 1.29 is 14.0 Å². The van der Waals surface area contributed by atoms with Crippen molar-refractivity contribution >= 4 is 17.5 Å². The third kappa shape index (κ3) is 4.27. The monoisotopic (exact) mass is 369 g/mol. The van der Waals surface area contributed by atoms with Crippen molar-refractivity contribution in [1.29, 1.82) is 0 Å². The number of nitrogens with zero attached hydrogens (tertiary/aromatic N) is 3. The molecule has 0 bridgehead atoms. The molecule has 142 valence electrons. The van der Waals surface area contributed by atoms with E-state index < -0.39 is 5.82 Å². The van der Waals surface area contributed by atoms with Crippen LogP contribution >= 0.6 is 0 Å². The molecule has 5 nitrogen and oxygen atoms in total. The van der Waals surface area contributed by atoms with E-state index in [2.05, 4.69) is 0 Å². The van der Waals surface area contributed by atoms with Gasteiger partial charge in [0.15, 0.2) is 0 Å². The maximum Gasteiger partial charge on any atom is 0.256 e. The Kier molecular flexibility index (Phi) is 5.74. The van der Waals surface area contributed by atoms with Gasteiger partial charge in [0.2, 0.25) is 0 Å². The van der Waals surface area contributed by atoms with Gasteiger partial charge in [-0.3, -0.25) is 9.59 Å². The van der Waals surface area contributed by atoms with Crippen molar-refractivity contribution in [2.75, 3.05) is 45.2 Å². The first kappa shape index (κ1) is 18.9. The molecule has 0 saturated carbocycles. The quantitative estimate of drug-likeness (QED) is 0.836. The summed E-state index contributed by atoms with van der Waals surface area (Å²) in [5.41, 5.74) is 1.75. The van der Waals surface area contributed by atoms with Gasteiger partial charge in [-0.15, -0.1) is 0 Å². The lowest BCUT2D eigenvalue weighted by Gasteiger charge is -2.22. The molecule has 0 atom stereocenters.